The first-order valence-electron chi connectivity index (χ1n) is 25.8. The molecule has 0 spiro atoms. The molecule has 6 N–H and O–H groups in total. The van der Waals surface area contributed by atoms with Crippen LogP contribution in [0, 0.1) is 41.5 Å². The predicted octanol–water partition coefficient (Wildman–Crippen LogP) is 16.3. The van der Waals surface area contributed by atoms with Crippen LogP contribution in [0.15, 0.2) is 109 Å². The van der Waals surface area contributed by atoms with Gasteiger partial charge in [0, 0.05) is 69.3 Å². The van der Waals surface area contributed by atoms with Crippen molar-refractivity contribution in [1.82, 2.24) is 0 Å². The van der Waals surface area contributed by atoms with Gasteiger partial charge >= 0.3 is 18.1 Å². The van der Waals surface area contributed by atoms with Crippen LogP contribution in [0.4, 0.5) is 48.5 Å². The van der Waals surface area contributed by atoms with Crippen LogP contribution in [0.25, 0.3) is 0 Å². The minimum absolute atomic E-state index is 0.0441. The smallest absolute Gasteiger partial charge is 0.323 e. The third-order valence-electron chi connectivity index (χ3n) is 12.4. The average Bonchev–Trinajstić information content (AvgIpc) is 3.33. The maximum absolute atomic E-state index is 16.8. The molecule has 6 amide bonds. The van der Waals surface area contributed by atoms with Gasteiger partial charge in [-0.1, -0.05) is 93.1 Å². The van der Waals surface area contributed by atoms with Crippen LogP contribution in [0.1, 0.15) is 109 Å². The van der Waals surface area contributed by atoms with E-state index >= 15 is 4.57 Å². The Labute approximate surface area is 438 Å². The summed E-state index contributed by atoms with van der Waals surface area (Å²) >= 11 is 0. The highest BCUT2D eigenvalue weighted by Crippen LogP contribution is 2.59. The van der Waals surface area contributed by atoms with Crippen molar-refractivity contribution in [2.75, 3.05) is 51.7 Å². The van der Waals surface area contributed by atoms with E-state index in [1.165, 1.54) is 0 Å². The lowest BCUT2D eigenvalue weighted by atomic mass is 10.1. The number of urea groups is 3. The fourth-order valence-corrected chi connectivity index (χ4v) is 11.5. The molecule has 0 fully saturated rings. The first-order chi connectivity index (χ1) is 35.5. The molecule has 0 atom stereocenters. The molecule has 0 aliphatic heterocycles. The number of benzene rings is 6. The lowest BCUT2D eigenvalue weighted by Crippen LogP contribution is -2.20. The molecule has 6 aromatic carbocycles. The van der Waals surface area contributed by atoms with Gasteiger partial charge in [-0.3, -0.25) is 0 Å². The van der Waals surface area contributed by atoms with E-state index in [9.17, 15) is 14.4 Å². The van der Waals surface area contributed by atoms with Gasteiger partial charge in [0.05, 0.1) is 19.8 Å². The van der Waals surface area contributed by atoms with E-state index in [0.717, 1.165) is 71.9 Å². The third-order valence-corrected chi connectivity index (χ3v) is 15.1. The zero-order chi connectivity index (χ0) is 53.2. The van der Waals surface area contributed by atoms with E-state index in [1.54, 1.807) is 0 Å². The molecule has 0 aliphatic carbocycles. The molecule has 0 bridgehead atoms. The minimum Gasteiger partial charge on any atom is -0.493 e. The summed E-state index contributed by atoms with van der Waals surface area (Å²) in [5.74, 6) is 1.79. The molecule has 0 saturated heterocycles. The van der Waals surface area contributed by atoms with Crippen molar-refractivity contribution in [3.63, 3.8) is 0 Å². The molecule has 0 heterocycles. The molecule has 74 heavy (non-hydrogen) atoms. The number of carbonyl (C=O) groups is 3. The molecule has 0 radical (unpaired) electrons. The molecule has 392 valence electrons. The highest BCUT2D eigenvalue weighted by molar-refractivity contribution is 7.61. The molecule has 14 heteroatoms. The van der Waals surface area contributed by atoms with E-state index in [4.69, 9.17) is 14.2 Å². The van der Waals surface area contributed by atoms with Gasteiger partial charge in [-0.05, 0) is 150 Å². The van der Waals surface area contributed by atoms with Crippen LogP contribution in [-0.2, 0) is 23.1 Å². The highest BCUT2D eigenvalue weighted by Gasteiger charge is 2.31. The summed E-state index contributed by atoms with van der Waals surface area (Å²) in [7, 11) is -3.61. The molecule has 6 aromatic rings. The molecular formula is C60H75N6O7P. The van der Waals surface area contributed by atoms with E-state index in [2.05, 4.69) is 52.7 Å². The average molecular weight is 1020 g/mol. The first kappa shape index (κ1) is 56.1. The second-order valence-corrected chi connectivity index (χ2v) is 22.4. The summed E-state index contributed by atoms with van der Waals surface area (Å²) in [5, 5.41) is 17.8. The molecule has 13 nitrogen and oxygen atoms in total. The largest absolute Gasteiger partial charge is 0.493 e. The van der Waals surface area contributed by atoms with E-state index in [0.29, 0.717) is 87.9 Å². The number of unbranched alkanes of at least 4 members (excludes halogenated alkanes) is 3. The molecule has 0 aromatic heterocycles. The lowest BCUT2D eigenvalue weighted by molar-refractivity contribution is 0.261. The predicted molar refractivity (Wildman–Crippen MR) is 305 cm³/mol. The lowest BCUT2D eigenvalue weighted by Gasteiger charge is -2.26. The molecule has 0 unspecified atom stereocenters. The van der Waals surface area contributed by atoms with Crippen LogP contribution < -0.4 is 46.1 Å². The molecular weight excluding hydrogens is 948 g/mol. The normalized spacial score (nSPS) is 11.1. The van der Waals surface area contributed by atoms with E-state index in [1.807, 2.05) is 151 Å². The van der Waals surface area contributed by atoms with Gasteiger partial charge in [0.1, 0.15) is 24.4 Å². The van der Waals surface area contributed by atoms with Crippen molar-refractivity contribution < 1.29 is 33.2 Å². The summed E-state index contributed by atoms with van der Waals surface area (Å²) in [5.41, 5.74) is 10.9. The number of hydrogen-bond donors (Lipinski definition) is 6. The first-order valence-corrected chi connectivity index (χ1v) is 28.1. The van der Waals surface area contributed by atoms with Crippen molar-refractivity contribution in [1.29, 1.82) is 0 Å². The van der Waals surface area contributed by atoms with Crippen LogP contribution >= 0.6 is 7.14 Å². The Hall–Kier alpha value is -7.24. The van der Waals surface area contributed by atoms with Crippen LogP contribution in [0.3, 0.4) is 0 Å². The third kappa shape index (κ3) is 16.9. The van der Waals surface area contributed by atoms with Gasteiger partial charge < -0.3 is 50.7 Å². The van der Waals surface area contributed by atoms with Crippen LogP contribution in [0.5, 0.6) is 17.2 Å². The number of carbonyl (C=O) groups excluding carboxylic acids is 3. The second kappa shape index (κ2) is 27.2. The number of anilines is 6. The number of nitrogens with one attached hydrogen (secondary N) is 6. The number of ether oxygens (including phenoxy) is 3. The summed E-state index contributed by atoms with van der Waals surface area (Å²) in [6, 6.07) is 32.5. The maximum Gasteiger partial charge on any atom is 0.323 e. The quantitative estimate of drug-likeness (QED) is 0.0259. The van der Waals surface area contributed by atoms with E-state index in [-0.39, 0.29) is 18.5 Å². The number of rotatable bonds is 24. The zero-order valence-corrected chi connectivity index (χ0v) is 45.6. The van der Waals surface area contributed by atoms with Gasteiger partial charge in [-0.25, -0.2) is 14.4 Å². The van der Waals surface area contributed by atoms with Crippen molar-refractivity contribution in [2.24, 2.45) is 0 Å². The standard InChI is InChI=1S/C60H75N6O7P/c1-10-13-28-71-55-43(7)31-52(64-58(67)61-49-22-16-40(4)17-23-49)34-46(55)37-74(70,38-47-35-53(32-44(8)56(47)72-29-14-11-2)65-59(68)62-50-24-18-41(5)19-25-50)39-48-36-54(33-45(9)57(48)73-30-15-12-3)66-60(69)63-51-26-20-42(6)21-27-51/h16-27,31-36H,10-15,28-30,37-39H2,1-9H3,(H2,61,64,67)(H2,62,65,68)(H2,63,66,69). The van der Waals surface area contributed by atoms with Crippen molar-refractivity contribution in [3.05, 3.63) is 159 Å². The summed E-state index contributed by atoms with van der Waals surface area (Å²) in [6.45, 7) is 19.4. The van der Waals surface area contributed by atoms with Gasteiger partial charge in [-0.2, -0.15) is 0 Å². The van der Waals surface area contributed by atoms with Crippen molar-refractivity contribution in [2.45, 2.75) is 119 Å². The van der Waals surface area contributed by atoms with Crippen LogP contribution in [-0.4, -0.2) is 37.9 Å². The van der Waals surface area contributed by atoms with Gasteiger partial charge in [0.25, 0.3) is 0 Å². The fraction of sp³-hybridized carbons (Fsp3) is 0.350. The van der Waals surface area contributed by atoms with E-state index < -0.39 is 25.2 Å². The Bertz CT molecular complexity index is 2590. The Morgan fingerprint density at radius 3 is 0.865 bits per heavy atom. The molecule has 0 saturated carbocycles. The van der Waals surface area contributed by atoms with Gasteiger partial charge in [-0.15, -0.1) is 0 Å². The topological polar surface area (TPSA) is 168 Å². The summed E-state index contributed by atoms with van der Waals surface area (Å²) < 4.78 is 36.5. The summed E-state index contributed by atoms with van der Waals surface area (Å²) in [6.07, 6.45) is 5.28. The Balaban J connectivity index is 1.47. The summed E-state index contributed by atoms with van der Waals surface area (Å²) in [4.78, 5) is 40.7. The SMILES string of the molecule is CCCCOc1c(C)cc(NC(=O)Nc2ccc(C)cc2)cc1CP(=O)(Cc1cc(NC(=O)Nc2ccc(C)cc2)cc(C)c1OCCCC)Cc1cc(NC(=O)Nc2ccc(C)cc2)cc(C)c1OCCCC. The van der Waals surface area contributed by atoms with Gasteiger partial charge in [0.2, 0.25) is 0 Å². The Morgan fingerprint density at radius 1 is 0.378 bits per heavy atom. The van der Waals surface area contributed by atoms with Crippen LogP contribution in [0.2, 0.25) is 0 Å². The Kier molecular flexibility index (Phi) is 20.6. The molecule has 0 aliphatic rings. The van der Waals surface area contributed by atoms with Gasteiger partial charge in [0.15, 0.2) is 0 Å². The number of hydrogen-bond acceptors (Lipinski definition) is 7. The van der Waals surface area contributed by atoms with Crippen molar-refractivity contribution in [3.8, 4) is 17.2 Å². The molecule has 6 rings (SSSR count). The van der Waals surface area contributed by atoms with Crippen molar-refractivity contribution >= 4 is 59.4 Å². The number of aryl methyl sites for hydroxylation is 6. The fourth-order valence-electron chi connectivity index (χ4n) is 8.58. The highest BCUT2D eigenvalue weighted by atomic mass is 31.2. The minimum atomic E-state index is -3.61. The monoisotopic (exact) mass is 1020 g/mol. The second-order valence-electron chi connectivity index (χ2n) is 19.3. The Morgan fingerprint density at radius 2 is 0.622 bits per heavy atom. The maximum atomic E-state index is 16.8. The zero-order valence-electron chi connectivity index (χ0n) is 44.7. The number of amides is 6.